The zero-order valence-corrected chi connectivity index (χ0v) is 11.7. The molecule has 0 aliphatic heterocycles. The number of hydrogen-bond acceptors (Lipinski definition) is 3. The minimum Gasteiger partial charge on any atom is -0.274 e. The Balaban J connectivity index is 2.67. The highest BCUT2D eigenvalue weighted by atomic mass is 32.2. The molecule has 0 aromatic carbocycles. The fraction of sp³-hybridized carbons (Fsp3) is 0.750. The lowest BCUT2D eigenvalue weighted by atomic mass is 9.95. The number of nitrogens with one attached hydrogen (secondary N) is 1. The fourth-order valence-corrected chi connectivity index (χ4v) is 2.84. The van der Waals surface area contributed by atoms with Gasteiger partial charge < -0.3 is 0 Å². The molecule has 2 unspecified atom stereocenters. The van der Waals surface area contributed by atoms with Gasteiger partial charge >= 0.3 is 0 Å². The second kappa shape index (κ2) is 4.80. The molecular formula is C12H21NO3S. The number of sulfonamides is 1. The van der Waals surface area contributed by atoms with Crippen LogP contribution in [0.25, 0.3) is 0 Å². The van der Waals surface area contributed by atoms with Gasteiger partial charge in [-0.2, -0.15) is 0 Å². The van der Waals surface area contributed by atoms with Crippen molar-refractivity contribution >= 4 is 15.9 Å². The van der Waals surface area contributed by atoms with Crippen LogP contribution < -0.4 is 4.72 Å². The molecule has 4 nitrogen and oxygen atoms in total. The van der Waals surface area contributed by atoms with E-state index in [1.54, 1.807) is 13.8 Å². The first-order valence-electron chi connectivity index (χ1n) is 5.92. The third-order valence-electron chi connectivity index (χ3n) is 3.54. The molecule has 1 fully saturated rings. The van der Waals surface area contributed by atoms with Crippen LogP contribution in [0.5, 0.6) is 0 Å². The summed E-state index contributed by atoms with van der Waals surface area (Å²) in [5.41, 5.74) is 0. The molecule has 1 saturated carbocycles. The monoisotopic (exact) mass is 259 g/mol. The SMILES string of the molecule is CC=CC(C)C(C)C(=O)NS(=O)(=O)C1(C)CC1. The van der Waals surface area contributed by atoms with E-state index in [-0.39, 0.29) is 11.8 Å². The van der Waals surface area contributed by atoms with Crippen LogP contribution in [0.15, 0.2) is 12.2 Å². The van der Waals surface area contributed by atoms with Gasteiger partial charge in [-0.05, 0) is 32.6 Å². The quantitative estimate of drug-likeness (QED) is 0.766. The summed E-state index contributed by atoms with van der Waals surface area (Å²) in [6.07, 6.45) is 5.03. The minimum atomic E-state index is -3.50. The summed E-state index contributed by atoms with van der Waals surface area (Å²) in [6.45, 7) is 7.19. The van der Waals surface area contributed by atoms with E-state index in [9.17, 15) is 13.2 Å². The van der Waals surface area contributed by atoms with E-state index in [0.29, 0.717) is 12.8 Å². The van der Waals surface area contributed by atoms with Gasteiger partial charge in [-0.1, -0.05) is 26.0 Å². The normalized spacial score (nSPS) is 22.1. The van der Waals surface area contributed by atoms with Gasteiger partial charge in [0.2, 0.25) is 15.9 Å². The lowest BCUT2D eigenvalue weighted by Crippen LogP contribution is -2.42. The Morgan fingerprint density at radius 2 is 1.88 bits per heavy atom. The zero-order chi connectivity index (χ0) is 13.3. The van der Waals surface area contributed by atoms with Crippen LogP contribution >= 0.6 is 0 Å². The minimum absolute atomic E-state index is 0.0298. The van der Waals surface area contributed by atoms with Gasteiger partial charge in [0.05, 0.1) is 4.75 Å². The molecule has 2 atom stereocenters. The van der Waals surface area contributed by atoms with Crippen LogP contribution in [0.1, 0.15) is 40.5 Å². The van der Waals surface area contributed by atoms with Crippen molar-refractivity contribution in [1.82, 2.24) is 4.72 Å². The molecule has 1 amide bonds. The highest BCUT2D eigenvalue weighted by Crippen LogP contribution is 2.42. The Hall–Kier alpha value is -0.840. The summed E-state index contributed by atoms with van der Waals surface area (Å²) in [5.74, 6) is -0.728. The molecule has 0 bridgehead atoms. The van der Waals surface area contributed by atoms with Crippen molar-refractivity contribution in [1.29, 1.82) is 0 Å². The van der Waals surface area contributed by atoms with Crippen molar-refractivity contribution in [3.63, 3.8) is 0 Å². The molecule has 5 heteroatoms. The number of carbonyl (C=O) groups is 1. The van der Waals surface area contributed by atoms with E-state index in [1.807, 2.05) is 26.0 Å². The average molecular weight is 259 g/mol. The summed E-state index contributed by atoms with van der Waals surface area (Å²) < 4.78 is 25.2. The number of carbonyl (C=O) groups excluding carboxylic acids is 1. The van der Waals surface area contributed by atoms with Crippen LogP contribution in [0.3, 0.4) is 0 Å². The number of rotatable bonds is 5. The zero-order valence-electron chi connectivity index (χ0n) is 10.9. The lowest BCUT2D eigenvalue weighted by Gasteiger charge is -2.18. The standard InChI is InChI=1S/C12H21NO3S/c1-5-6-9(2)10(3)11(14)13-17(15,16)12(4)7-8-12/h5-6,9-10H,7-8H2,1-4H3,(H,13,14). The molecule has 0 aromatic heterocycles. The third-order valence-corrected chi connectivity index (χ3v) is 5.71. The maximum atomic E-state index is 11.9. The molecule has 0 radical (unpaired) electrons. The fourth-order valence-electron chi connectivity index (χ4n) is 1.50. The highest BCUT2D eigenvalue weighted by molar-refractivity contribution is 7.91. The Morgan fingerprint density at radius 1 is 1.35 bits per heavy atom. The van der Waals surface area contributed by atoms with Crippen LogP contribution in [-0.2, 0) is 14.8 Å². The van der Waals surface area contributed by atoms with Crippen molar-refractivity contribution in [3.8, 4) is 0 Å². The molecule has 0 spiro atoms. The van der Waals surface area contributed by atoms with Gasteiger partial charge in [0.1, 0.15) is 0 Å². The van der Waals surface area contributed by atoms with Crippen LogP contribution in [0.2, 0.25) is 0 Å². The van der Waals surface area contributed by atoms with Crippen molar-refractivity contribution in [2.24, 2.45) is 11.8 Å². The van der Waals surface area contributed by atoms with E-state index < -0.39 is 20.7 Å². The van der Waals surface area contributed by atoms with Gasteiger partial charge in [-0.15, -0.1) is 0 Å². The average Bonchev–Trinajstić information content (AvgIpc) is 2.96. The first-order valence-corrected chi connectivity index (χ1v) is 7.41. The van der Waals surface area contributed by atoms with Crippen molar-refractivity contribution < 1.29 is 13.2 Å². The summed E-state index contributed by atoms with van der Waals surface area (Å²) in [7, 11) is -3.50. The van der Waals surface area contributed by atoms with E-state index in [0.717, 1.165) is 0 Å². The number of amides is 1. The maximum absolute atomic E-state index is 11.9. The first-order chi connectivity index (χ1) is 7.73. The first kappa shape index (κ1) is 14.2. The summed E-state index contributed by atoms with van der Waals surface area (Å²) >= 11 is 0. The Labute approximate surface area is 104 Å². The van der Waals surface area contributed by atoms with Gasteiger partial charge in [0.25, 0.3) is 0 Å². The van der Waals surface area contributed by atoms with Crippen LogP contribution in [0.4, 0.5) is 0 Å². The Kier molecular flexibility index (Phi) is 4.02. The molecule has 1 N–H and O–H groups in total. The van der Waals surface area contributed by atoms with Gasteiger partial charge in [0.15, 0.2) is 0 Å². The van der Waals surface area contributed by atoms with Gasteiger partial charge in [-0.25, -0.2) is 8.42 Å². The van der Waals surface area contributed by atoms with Gasteiger partial charge in [0, 0.05) is 5.92 Å². The highest BCUT2D eigenvalue weighted by Gasteiger charge is 2.51. The van der Waals surface area contributed by atoms with E-state index in [4.69, 9.17) is 0 Å². The molecule has 1 rings (SSSR count). The molecular weight excluding hydrogens is 238 g/mol. The van der Waals surface area contributed by atoms with Crippen molar-refractivity contribution in [2.45, 2.75) is 45.3 Å². The topological polar surface area (TPSA) is 63.2 Å². The number of hydrogen-bond donors (Lipinski definition) is 1. The summed E-state index contributed by atoms with van der Waals surface area (Å²) in [4.78, 5) is 11.8. The molecule has 0 heterocycles. The molecule has 0 saturated heterocycles. The summed E-state index contributed by atoms with van der Waals surface area (Å²) in [6, 6.07) is 0. The predicted octanol–water partition coefficient (Wildman–Crippen LogP) is 1.83. The summed E-state index contributed by atoms with van der Waals surface area (Å²) in [5, 5.41) is 0. The predicted molar refractivity (Wildman–Crippen MR) is 67.8 cm³/mol. The lowest BCUT2D eigenvalue weighted by molar-refractivity contribution is -0.123. The Bertz CT molecular complexity index is 421. The number of allylic oxidation sites excluding steroid dienone is 2. The largest absolute Gasteiger partial charge is 0.274 e. The van der Waals surface area contributed by atoms with E-state index >= 15 is 0 Å². The van der Waals surface area contributed by atoms with Crippen molar-refractivity contribution in [2.75, 3.05) is 0 Å². The smallest absolute Gasteiger partial charge is 0.240 e. The molecule has 0 aromatic rings. The third kappa shape index (κ3) is 3.09. The molecule has 1 aliphatic rings. The molecule has 98 valence electrons. The second-order valence-corrected chi connectivity index (χ2v) is 7.29. The van der Waals surface area contributed by atoms with E-state index in [2.05, 4.69) is 4.72 Å². The van der Waals surface area contributed by atoms with Gasteiger partial charge in [-0.3, -0.25) is 9.52 Å². The molecule has 1 aliphatic carbocycles. The second-order valence-electron chi connectivity index (χ2n) is 5.09. The van der Waals surface area contributed by atoms with E-state index in [1.165, 1.54) is 0 Å². The van der Waals surface area contributed by atoms with Crippen LogP contribution in [-0.4, -0.2) is 19.1 Å². The maximum Gasteiger partial charge on any atom is 0.240 e. The Morgan fingerprint density at radius 3 is 2.29 bits per heavy atom. The molecule has 17 heavy (non-hydrogen) atoms. The van der Waals surface area contributed by atoms with Crippen LogP contribution in [0, 0.1) is 11.8 Å². The van der Waals surface area contributed by atoms with Crippen molar-refractivity contribution in [3.05, 3.63) is 12.2 Å².